The van der Waals surface area contributed by atoms with Crippen LogP contribution in [0.2, 0.25) is 0 Å². The van der Waals surface area contributed by atoms with E-state index in [-0.39, 0.29) is 11.7 Å². The average Bonchev–Trinajstić information content (AvgIpc) is 3.33. The summed E-state index contributed by atoms with van der Waals surface area (Å²) in [6.45, 7) is 2.07. The fraction of sp³-hybridized carbons (Fsp3) is 0.133. The monoisotopic (exact) mass is 520 g/mol. The van der Waals surface area contributed by atoms with Gasteiger partial charge in [0.2, 0.25) is 5.91 Å². The van der Waals surface area contributed by atoms with Gasteiger partial charge in [-0.05, 0) is 42.3 Å². The molecule has 190 valence electrons. The largest absolute Gasteiger partial charge is 0.378 e. The van der Waals surface area contributed by atoms with E-state index >= 15 is 0 Å². The van der Waals surface area contributed by atoms with Crippen LogP contribution in [0.25, 0.3) is 27.8 Å². The van der Waals surface area contributed by atoms with Gasteiger partial charge in [-0.25, -0.2) is 15.4 Å². The van der Waals surface area contributed by atoms with Crippen LogP contribution in [0.15, 0.2) is 102 Å². The van der Waals surface area contributed by atoms with Crippen LogP contribution in [0.4, 0.5) is 5.69 Å². The molecule has 1 N–H and O–H groups in total. The number of carbonyl (C=O) groups excluding carboxylic acids is 1. The molecule has 0 aliphatic carbocycles. The summed E-state index contributed by atoms with van der Waals surface area (Å²) in [4.78, 5) is 23.8. The first-order valence-corrected chi connectivity index (χ1v) is 13.2. The van der Waals surface area contributed by atoms with Crippen molar-refractivity contribution in [3.8, 4) is 16.8 Å². The van der Waals surface area contributed by atoms with Crippen molar-refractivity contribution in [2.24, 2.45) is 5.10 Å². The molecular weight excluding hydrogens is 492 g/mol. The fourth-order valence-electron chi connectivity index (χ4n) is 4.09. The highest BCUT2D eigenvalue weighted by Crippen LogP contribution is 2.36. The lowest BCUT2D eigenvalue weighted by atomic mass is 10.1. The summed E-state index contributed by atoms with van der Waals surface area (Å²) in [5.74, 6) is -0.0328. The Morgan fingerprint density at radius 2 is 1.74 bits per heavy atom. The third-order valence-corrected chi connectivity index (χ3v) is 7.09. The van der Waals surface area contributed by atoms with Crippen molar-refractivity contribution in [3.63, 3.8) is 0 Å². The van der Waals surface area contributed by atoms with Gasteiger partial charge in [0.1, 0.15) is 17.0 Å². The molecule has 8 heteroatoms. The van der Waals surface area contributed by atoms with E-state index in [4.69, 9.17) is 0 Å². The quantitative estimate of drug-likeness (QED) is 0.123. The van der Waals surface area contributed by atoms with Gasteiger partial charge in [0.25, 0.3) is 0 Å². The minimum Gasteiger partial charge on any atom is -0.378 e. The highest BCUT2D eigenvalue weighted by molar-refractivity contribution is 8.00. The van der Waals surface area contributed by atoms with Crippen LogP contribution >= 0.6 is 11.8 Å². The van der Waals surface area contributed by atoms with E-state index in [0.717, 1.165) is 44.1 Å². The van der Waals surface area contributed by atoms with E-state index in [1.165, 1.54) is 17.3 Å². The first-order valence-electron chi connectivity index (χ1n) is 12.2. The van der Waals surface area contributed by atoms with Crippen molar-refractivity contribution in [1.29, 1.82) is 0 Å². The standard InChI is InChI=1S/C30H28N6OS/c1-21-9-13-25(14-10-21)36-18-26(23-7-5-4-6-8-23)28-29(36)31-20-32-30(28)38-19-27(37)34-33-17-22-11-15-24(16-12-22)35(2)3/h4-18,20H,19H2,1-3H3,(H,34,37)/b33-17+. The molecule has 2 heterocycles. The minimum absolute atomic E-state index is 0.174. The maximum absolute atomic E-state index is 12.6. The highest BCUT2D eigenvalue weighted by atomic mass is 32.2. The number of anilines is 1. The molecule has 38 heavy (non-hydrogen) atoms. The molecule has 3 aromatic carbocycles. The van der Waals surface area contributed by atoms with Gasteiger partial charge in [-0.15, -0.1) is 0 Å². The molecule has 2 aromatic heterocycles. The molecule has 7 nitrogen and oxygen atoms in total. The van der Waals surface area contributed by atoms with Crippen molar-refractivity contribution in [2.45, 2.75) is 11.9 Å². The summed E-state index contributed by atoms with van der Waals surface area (Å²) in [5, 5.41) is 5.78. The topological polar surface area (TPSA) is 75.4 Å². The maximum atomic E-state index is 12.6. The number of nitrogens with zero attached hydrogens (tertiary/aromatic N) is 5. The van der Waals surface area contributed by atoms with Gasteiger partial charge in [0.05, 0.1) is 17.4 Å². The zero-order chi connectivity index (χ0) is 26.5. The fourth-order valence-corrected chi connectivity index (χ4v) is 4.89. The van der Waals surface area contributed by atoms with Gasteiger partial charge in [0.15, 0.2) is 0 Å². The number of carbonyl (C=O) groups is 1. The normalized spacial score (nSPS) is 11.2. The molecule has 0 unspecified atom stereocenters. The molecule has 5 rings (SSSR count). The molecule has 0 saturated carbocycles. The second-order valence-electron chi connectivity index (χ2n) is 9.06. The van der Waals surface area contributed by atoms with Crippen molar-refractivity contribution < 1.29 is 4.79 Å². The maximum Gasteiger partial charge on any atom is 0.250 e. The molecule has 5 aromatic rings. The summed E-state index contributed by atoms with van der Waals surface area (Å²) in [6, 6.07) is 26.4. The van der Waals surface area contributed by atoms with Crippen LogP contribution in [0, 0.1) is 6.92 Å². The molecule has 0 radical (unpaired) electrons. The van der Waals surface area contributed by atoms with Gasteiger partial charge in [-0.1, -0.05) is 71.9 Å². The Labute approximate surface area is 226 Å². The lowest BCUT2D eigenvalue weighted by Gasteiger charge is -2.11. The molecule has 1 amide bonds. The molecular formula is C30H28N6OS. The number of benzene rings is 3. The Morgan fingerprint density at radius 1 is 1.00 bits per heavy atom. The van der Waals surface area contributed by atoms with Gasteiger partial charge in [0, 0.05) is 37.2 Å². The van der Waals surface area contributed by atoms with E-state index in [1.807, 2.05) is 61.5 Å². The van der Waals surface area contributed by atoms with Gasteiger partial charge < -0.3 is 9.47 Å². The number of rotatable bonds is 8. The Hall–Kier alpha value is -4.43. The Morgan fingerprint density at radius 3 is 2.45 bits per heavy atom. The van der Waals surface area contributed by atoms with Crippen LogP contribution in [0.1, 0.15) is 11.1 Å². The van der Waals surface area contributed by atoms with Crippen molar-refractivity contribution in [1.82, 2.24) is 20.0 Å². The van der Waals surface area contributed by atoms with Crippen molar-refractivity contribution in [3.05, 3.63) is 103 Å². The van der Waals surface area contributed by atoms with E-state index in [2.05, 4.69) is 74.6 Å². The van der Waals surface area contributed by atoms with Gasteiger partial charge >= 0.3 is 0 Å². The molecule has 0 aliphatic heterocycles. The number of hydrogen-bond acceptors (Lipinski definition) is 6. The number of nitrogens with one attached hydrogen (secondary N) is 1. The smallest absolute Gasteiger partial charge is 0.250 e. The van der Waals surface area contributed by atoms with Crippen LogP contribution in [0.3, 0.4) is 0 Å². The molecule has 0 saturated heterocycles. The van der Waals surface area contributed by atoms with Crippen molar-refractivity contribution >= 4 is 40.6 Å². The highest BCUT2D eigenvalue weighted by Gasteiger charge is 2.18. The summed E-state index contributed by atoms with van der Waals surface area (Å²) >= 11 is 1.37. The van der Waals surface area contributed by atoms with Crippen LogP contribution in [-0.4, -0.2) is 46.5 Å². The predicted octanol–water partition coefficient (Wildman–Crippen LogP) is 5.70. The van der Waals surface area contributed by atoms with Gasteiger partial charge in [-0.3, -0.25) is 4.79 Å². The number of hydrogen-bond donors (Lipinski definition) is 1. The summed E-state index contributed by atoms with van der Waals surface area (Å²) in [6.07, 6.45) is 5.28. The molecule has 0 atom stereocenters. The first kappa shape index (κ1) is 25.2. The number of amides is 1. The van der Waals surface area contributed by atoms with Crippen LogP contribution in [0.5, 0.6) is 0 Å². The molecule has 0 bridgehead atoms. The number of aryl methyl sites for hydroxylation is 1. The van der Waals surface area contributed by atoms with Crippen LogP contribution in [-0.2, 0) is 4.79 Å². The Bertz CT molecular complexity index is 1580. The third-order valence-electron chi connectivity index (χ3n) is 6.10. The molecule has 0 spiro atoms. The number of fused-ring (bicyclic) bond motifs is 1. The number of hydrazone groups is 1. The molecule has 0 fully saturated rings. The van der Waals surface area contributed by atoms with E-state index in [9.17, 15) is 4.79 Å². The van der Waals surface area contributed by atoms with Crippen molar-refractivity contribution in [2.75, 3.05) is 24.7 Å². The second-order valence-corrected chi connectivity index (χ2v) is 10.0. The van der Waals surface area contributed by atoms with E-state index < -0.39 is 0 Å². The van der Waals surface area contributed by atoms with Crippen LogP contribution < -0.4 is 10.3 Å². The third kappa shape index (κ3) is 5.60. The van der Waals surface area contributed by atoms with E-state index in [1.54, 1.807) is 12.5 Å². The van der Waals surface area contributed by atoms with Gasteiger partial charge in [-0.2, -0.15) is 5.10 Å². The Balaban J connectivity index is 1.38. The summed E-state index contributed by atoms with van der Waals surface area (Å²) in [7, 11) is 3.99. The Kier molecular flexibility index (Phi) is 7.51. The summed E-state index contributed by atoms with van der Waals surface area (Å²) in [5.41, 5.74) is 9.72. The number of aromatic nitrogens is 3. The molecule has 0 aliphatic rings. The lowest BCUT2D eigenvalue weighted by molar-refractivity contribution is -0.118. The van der Waals surface area contributed by atoms with E-state index in [0.29, 0.717) is 0 Å². The lowest BCUT2D eigenvalue weighted by Crippen LogP contribution is -2.19. The minimum atomic E-state index is -0.206. The zero-order valence-corrected chi connectivity index (χ0v) is 22.3. The number of thioether (sulfide) groups is 1. The average molecular weight is 521 g/mol. The SMILES string of the molecule is Cc1ccc(-n2cc(-c3ccccc3)c3c(SCC(=O)N/N=C/c4ccc(N(C)C)cc4)ncnc32)cc1. The summed E-state index contributed by atoms with van der Waals surface area (Å²) < 4.78 is 2.08. The zero-order valence-electron chi connectivity index (χ0n) is 21.5. The predicted molar refractivity (Wildman–Crippen MR) is 156 cm³/mol. The second kappa shape index (κ2) is 11.3. The first-order chi connectivity index (χ1) is 18.5.